The summed E-state index contributed by atoms with van der Waals surface area (Å²) in [5, 5.41) is 1.03. The molecule has 2 nitrogen and oxygen atoms in total. The summed E-state index contributed by atoms with van der Waals surface area (Å²) in [7, 11) is 1.82. The van der Waals surface area contributed by atoms with Gasteiger partial charge in [0.1, 0.15) is 0 Å². The molecule has 1 unspecified atom stereocenters. The lowest BCUT2D eigenvalue weighted by Gasteiger charge is -2.23. The molecule has 0 spiro atoms. The fourth-order valence-electron chi connectivity index (χ4n) is 2.49. The van der Waals surface area contributed by atoms with Crippen LogP contribution in [0.5, 0.6) is 0 Å². The summed E-state index contributed by atoms with van der Waals surface area (Å²) in [5.41, 5.74) is 2.02. The van der Waals surface area contributed by atoms with Gasteiger partial charge < -0.3 is 4.90 Å². The van der Waals surface area contributed by atoms with Gasteiger partial charge in [-0.25, -0.2) is 0 Å². The molecule has 1 atom stereocenters. The summed E-state index contributed by atoms with van der Waals surface area (Å²) in [6.45, 7) is 2.54. The van der Waals surface area contributed by atoms with Crippen LogP contribution in [-0.2, 0) is 11.3 Å². The maximum atomic E-state index is 12.7. The van der Waals surface area contributed by atoms with E-state index in [1.54, 1.807) is 17.0 Å². The lowest BCUT2D eigenvalue weighted by molar-refractivity contribution is -0.132. The van der Waals surface area contributed by atoms with Crippen molar-refractivity contribution in [2.24, 2.45) is 0 Å². The molecule has 0 saturated heterocycles. The zero-order valence-corrected chi connectivity index (χ0v) is 14.2. The van der Waals surface area contributed by atoms with Gasteiger partial charge in [0.2, 0.25) is 5.91 Å². The zero-order chi connectivity index (χ0) is 16.1. The Morgan fingerprint density at radius 2 is 1.77 bits per heavy atom. The Balaban J connectivity index is 2.12. The van der Waals surface area contributed by atoms with Gasteiger partial charge in [0.05, 0.1) is 16.0 Å². The van der Waals surface area contributed by atoms with Crippen molar-refractivity contribution in [3.05, 3.63) is 69.7 Å². The van der Waals surface area contributed by atoms with Gasteiger partial charge in [0, 0.05) is 13.6 Å². The normalized spacial score (nSPS) is 12.0. The summed E-state index contributed by atoms with van der Waals surface area (Å²) in [6.07, 6.45) is 0.772. The minimum Gasteiger partial charge on any atom is -0.341 e. The van der Waals surface area contributed by atoms with Crippen molar-refractivity contribution >= 4 is 29.1 Å². The minimum absolute atomic E-state index is 0.111. The minimum atomic E-state index is -0.117. The van der Waals surface area contributed by atoms with Crippen LogP contribution in [0.4, 0.5) is 0 Å². The predicted octanol–water partition coefficient (Wildman–Crippen LogP) is 5.15. The van der Waals surface area contributed by atoms with Gasteiger partial charge >= 0.3 is 0 Å². The fraction of sp³-hybridized carbons (Fsp3) is 0.278. The van der Waals surface area contributed by atoms with Crippen LogP contribution in [-0.4, -0.2) is 17.9 Å². The maximum Gasteiger partial charge on any atom is 0.230 e. The van der Waals surface area contributed by atoms with Gasteiger partial charge in [0.15, 0.2) is 0 Å². The van der Waals surface area contributed by atoms with Crippen molar-refractivity contribution in [1.29, 1.82) is 0 Å². The summed E-state index contributed by atoms with van der Waals surface area (Å²) >= 11 is 11.9. The molecule has 2 rings (SSSR count). The third kappa shape index (κ3) is 4.02. The third-order valence-corrected chi connectivity index (χ3v) is 4.43. The largest absolute Gasteiger partial charge is 0.341 e. The standard InChI is InChI=1S/C18H19Cl2NO/c1-3-15(14-7-5-4-6-8-14)18(22)21(2)12-13-9-10-16(19)17(20)11-13/h4-11,15H,3,12H2,1-2H3. The monoisotopic (exact) mass is 335 g/mol. The average Bonchev–Trinajstić information content (AvgIpc) is 2.52. The van der Waals surface area contributed by atoms with Crippen LogP contribution in [0.3, 0.4) is 0 Å². The van der Waals surface area contributed by atoms with E-state index in [1.165, 1.54) is 0 Å². The van der Waals surface area contributed by atoms with Crippen molar-refractivity contribution in [3.8, 4) is 0 Å². The first-order valence-electron chi connectivity index (χ1n) is 7.26. The van der Waals surface area contributed by atoms with E-state index in [2.05, 4.69) is 0 Å². The number of carbonyl (C=O) groups is 1. The molecule has 0 aromatic heterocycles. The number of rotatable bonds is 5. The molecule has 4 heteroatoms. The van der Waals surface area contributed by atoms with Gasteiger partial charge in [0.25, 0.3) is 0 Å². The van der Waals surface area contributed by atoms with E-state index in [0.717, 1.165) is 17.5 Å². The molecule has 0 fully saturated rings. The van der Waals surface area contributed by atoms with Gasteiger partial charge in [-0.1, -0.05) is 66.5 Å². The molecule has 0 aliphatic carbocycles. The molecule has 0 aliphatic heterocycles. The van der Waals surface area contributed by atoms with Crippen LogP contribution in [0.25, 0.3) is 0 Å². The highest BCUT2D eigenvalue weighted by molar-refractivity contribution is 6.42. The number of likely N-dealkylation sites (N-methyl/N-ethyl adjacent to an activating group) is 1. The molecule has 22 heavy (non-hydrogen) atoms. The second-order valence-electron chi connectivity index (χ2n) is 5.31. The van der Waals surface area contributed by atoms with Gasteiger partial charge in [-0.2, -0.15) is 0 Å². The summed E-state index contributed by atoms with van der Waals surface area (Å²) in [6, 6.07) is 15.3. The van der Waals surface area contributed by atoms with Crippen LogP contribution in [0.15, 0.2) is 48.5 Å². The fourth-order valence-corrected chi connectivity index (χ4v) is 2.81. The lowest BCUT2D eigenvalue weighted by atomic mass is 9.95. The molecule has 0 aliphatic rings. The number of benzene rings is 2. The first kappa shape index (κ1) is 16.9. The topological polar surface area (TPSA) is 20.3 Å². The lowest BCUT2D eigenvalue weighted by Crippen LogP contribution is -2.31. The van der Waals surface area contributed by atoms with Crippen molar-refractivity contribution in [1.82, 2.24) is 4.90 Å². The highest BCUT2D eigenvalue weighted by Crippen LogP contribution is 2.25. The first-order valence-corrected chi connectivity index (χ1v) is 8.02. The Hall–Kier alpha value is -1.51. The highest BCUT2D eigenvalue weighted by atomic mass is 35.5. The summed E-state index contributed by atoms with van der Waals surface area (Å²) < 4.78 is 0. The number of hydrogen-bond donors (Lipinski definition) is 0. The van der Waals surface area contributed by atoms with Gasteiger partial charge in [-0.3, -0.25) is 4.79 Å². The highest BCUT2D eigenvalue weighted by Gasteiger charge is 2.22. The van der Waals surface area contributed by atoms with Crippen molar-refractivity contribution in [3.63, 3.8) is 0 Å². The third-order valence-electron chi connectivity index (χ3n) is 3.69. The van der Waals surface area contributed by atoms with Crippen LogP contribution in [0, 0.1) is 0 Å². The van der Waals surface area contributed by atoms with Crippen molar-refractivity contribution in [2.45, 2.75) is 25.8 Å². The molecule has 0 bridgehead atoms. The molecule has 116 valence electrons. The summed E-state index contributed by atoms with van der Waals surface area (Å²) in [4.78, 5) is 14.4. The Morgan fingerprint density at radius 1 is 1.09 bits per heavy atom. The van der Waals surface area contributed by atoms with Gasteiger partial charge in [-0.05, 0) is 29.7 Å². The molecule has 0 N–H and O–H groups in total. The van der Waals surface area contributed by atoms with E-state index in [0.29, 0.717) is 16.6 Å². The number of nitrogens with zero attached hydrogens (tertiary/aromatic N) is 1. The molecule has 0 radical (unpaired) electrons. The Kier molecular flexibility index (Phi) is 5.87. The smallest absolute Gasteiger partial charge is 0.230 e. The first-order chi connectivity index (χ1) is 10.5. The molecule has 1 amide bonds. The van der Waals surface area contributed by atoms with E-state index >= 15 is 0 Å². The van der Waals surface area contributed by atoms with E-state index in [1.807, 2.05) is 50.4 Å². The van der Waals surface area contributed by atoms with Gasteiger partial charge in [-0.15, -0.1) is 0 Å². The number of halogens is 2. The van der Waals surface area contributed by atoms with Crippen molar-refractivity contribution in [2.75, 3.05) is 7.05 Å². The van der Waals surface area contributed by atoms with E-state index in [-0.39, 0.29) is 11.8 Å². The number of carbonyl (C=O) groups excluding carboxylic acids is 1. The average molecular weight is 336 g/mol. The molecular weight excluding hydrogens is 317 g/mol. The Labute approximate surface area is 141 Å². The van der Waals surface area contributed by atoms with Crippen LogP contribution in [0.2, 0.25) is 10.0 Å². The zero-order valence-electron chi connectivity index (χ0n) is 12.7. The molecule has 0 saturated carbocycles. The molecule has 2 aromatic rings. The second-order valence-corrected chi connectivity index (χ2v) is 6.13. The number of amides is 1. The molecular formula is C18H19Cl2NO. The quantitative estimate of drug-likeness (QED) is 0.740. The SMILES string of the molecule is CCC(C(=O)N(C)Cc1ccc(Cl)c(Cl)c1)c1ccccc1. The Morgan fingerprint density at radius 3 is 2.36 bits per heavy atom. The van der Waals surface area contributed by atoms with Crippen molar-refractivity contribution < 1.29 is 4.79 Å². The van der Waals surface area contributed by atoms with Crippen LogP contribution in [0.1, 0.15) is 30.4 Å². The number of hydrogen-bond acceptors (Lipinski definition) is 1. The second kappa shape index (κ2) is 7.66. The van der Waals surface area contributed by atoms with Crippen LogP contribution < -0.4 is 0 Å². The van der Waals surface area contributed by atoms with E-state index in [4.69, 9.17) is 23.2 Å². The molecule has 2 aromatic carbocycles. The maximum absolute atomic E-state index is 12.7. The van der Waals surface area contributed by atoms with E-state index in [9.17, 15) is 4.79 Å². The predicted molar refractivity (Wildman–Crippen MR) is 92.4 cm³/mol. The molecule has 0 heterocycles. The van der Waals surface area contributed by atoms with E-state index < -0.39 is 0 Å². The summed E-state index contributed by atoms with van der Waals surface area (Å²) in [5.74, 6) is -0.00579. The van der Waals surface area contributed by atoms with Crippen LogP contribution >= 0.6 is 23.2 Å². The Bertz CT molecular complexity index is 643.